The first-order chi connectivity index (χ1) is 12.2. The van der Waals surface area contributed by atoms with E-state index in [4.69, 9.17) is 4.52 Å². The minimum Gasteiger partial charge on any atom is -0.337 e. The summed E-state index contributed by atoms with van der Waals surface area (Å²) < 4.78 is 6.58. The van der Waals surface area contributed by atoms with Gasteiger partial charge in [-0.05, 0) is 56.1 Å². The van der Waals surface area contributed by atoms with E-state index in [1.807, 2.05) is 37.4 Å². The van der Waals surface area contributed by atoms with Crippen LogP contribution >= 0.6 is 15.9 Å². The van der Waals surface area contributed by atoms with E-state index in [1.165, 1.54) is 5.56 Å². The first kappa shape index (κ1) is 16.4. The fraction of sp³-hybridized carbons (Fsp3) is 0.316. The first-order valence-corrected chi connectivity index (χ1v) is 9.24. The maximum Gasteiger partial charge on any atom is 0.244 e. The molecule has 128 valence electrons. The lowest BCUT2D eigenvalue weighted by molar-refractivity contribution is 0.201. The predicted molar refractivity (Wildman–Crippen MR) is 98.8 cm³/mol. The van der Waals surface area contributed by atoms with E-state index in [0.29, 0.717) is 11.7 Å². The molecule has 1 aliphatic heterocycles. The molecule has 0 spiro atoms. The topological polar surface area (TPSA) is 55.1 Å². The smallest absolute Gasteiger partial charge is 0.244 e. The van der Waals surface area contributed by atoms with Crippen LogP contribution in [0.1, 0.15) is 36.0 Å². The van der Waals surface area contributed by atoms with Crippen LogP contribution in [0.25, 0.3) is 11.4 Å². The molecule has 1 atom stereocenters. The van der Waals surface area contributed by atoms with Crippen molar-refractivity contribution in [1.29, 1.82) is 0 Å². The monoisotopic (exact) mass is 398 g/mol. The maximum absolute atomic E-state index is 5.61. The molecule has 0 saturated carbocycles. The van der Waals surface area contributed by atoms with Crippen molar-refractivity contribution in [2.75, 3.05) is 6.54 Å². The lowest BCUT2D eigenvalue weighted by atomic mass is 10.2. The van der Waals surface area contributed by atoms with Gasteiger partial charge in [-0.25, -0.2) is 0 Å². The molecule has 6 heteroatoms. The van der Waals surface area contributed by atoms with Crippen molar-refractivity contribution < 1.29 is 4.52 Å². The molecule has 3 heterocycles. The Morgan fingerprint density at radius 1 is 1.28 bits per heavy atom. The molecule has 1 fully saturated rings. The fourth-order valence-corrected chi connectivity index (χ4v) is 3.82. The summed E-state index contributed by atoms with van der Waals surface area (Å²) >= 11 is 3.55. The highest BCUT2D eigenvalue weighted by Crippen LogP contribution is 2.34. The van der Waals surface area contributed by atoms with Gasteiger partial charge in [-0.2, -0.15) is 4.98 Å². The number of aromatic nitrogens is 3. The van der Waals surface area contributed by atoms with E-state index in [1.54, 1.807) is 0 Å². The molecular weight excluding hydrogens is 380 g/mol. The average molecular weight is 399 g/mol. The van der Waals surface area contributed by atoms with Crippen molar-refractivity contribution in [2.24, 2.45) is 0 Å². The molecule has 1 saturated heterocycles. The number of aryl methyl sites for hydroxylation is 1. The van der Waals surface area contributed by atoms with Crippen molar-refractivity contribution >= 4 is 15.9 Å². The lowest BCUT2D eigenvalue weighted by Gasteiger charge is -2.21. The number of hydrogen-bond donors (Lipinski definition) is 0. The highest BCUT2D eigenvalue weighted by atomic mass is 79.9. The Morgan fingerprint density at radius 2 is 2.16 bits per heavy atom. The molecule has 4 rings (SSSR count). The molecule has 0 N–H and O–H groups in total. The number of benzene rings is 1. The molecule has 0 radical (unpaired) electrons. The van der Waals surface area contributed by atoms with Crippen LogP contribution in [-0.2, 0) is 6.54 Å². The second kappa shape index (κ2) is 7.06. The summed E-state index contributed by atoms with van der Waals surface area (Å²) in [7, 11) is 0. The molecule has 0 bridgehead atoms. The number of hydrogen-bond acceptors (Lipinski definition) is 5. The predicted octanol–water partition coefficient (Wildman–Crippen LogP) is 4.54. The van der Waals surface area contributed by atoms with E-state index >= 15 is 0 Å². The number of rotatable bonds is 4. The van der Waals surface area contributed by atoms with Gasteiger partial charge in [0.1, 0.15) is 0 Å². The Hall–Kier alpha value is -2.05. The number of nitrogens with zero attached hydrogens (tertiary/aromatic N) is 4. The molecule has 2 aromatic heterocycles. The van der Waals surface area contributed by atoms with Gasteiger partial charge >= 0.3 is 0 Å². The molecule has 1 unspecified atom stereocenters. The highest BCUT2D eigenvalue weighted by Gasteiger charge is 2.31. The van der Waals surface area contributed by atoms with Crippen LogP contribution in [0.4, 0.5) is 0 Å². The Balaban J connectivity index is 1.56. The van der Waals surface area contributed by atoms with Crippen molar-refractivity contribution in [2.45, 2.75) is 32.4 Å². The van der Waals surface area contributed by atoms with E-state index in [-0.39, 0.29) is 6.04 Å². The van der Waals surface area contributed by atoms with Crippen LogP contribution in [0.2, 0.25) is 0 Å². The number of pyridine rings is 1. The normalized spacial score (nSPS) is 17.9. The summed E-state index contributed by atoms with van der Waals surface area (Å²) in [4.78, 5) is 11.4. The van der Waals surface area contributed by atoms with E-state index in [2.05, 4.69) is 48.1 Å². The molecule has 1 aromatic carbocycles. The zero-order chi connectivity index (χ0) is 17.2. The minimum atomic E-state index is 0.178. The van der Waals surface area contributed by atoms with Crippen molar-refractivity contribution in [1.82, 2.24) is 20.0 Å². The quantitative estimate of drug-likeness (QED) is 0.645. The van der Waals surface area contributed by atoms with Gasteiger partial charge in [-0.3, -0.25) is 9.88 Å². The SMILES string of the molecule is Cc1cc(CN2CCCC2c2nc(-c3ccccc3Br)no2)ccn1. The summed E-state index contributed by atoms with van der Waals surface area (Å²) in [6, 6.07) is 12.3. The van der Waals surface area contributed by atoms with E-state index in [0.717, 1.165) is 41.7 Å². The number of likely N-dealkylation sites (tertiary alicyclic amines) is 1. The first-order valence-electron chi connectivity index (χ1n) is 8.45. The van der Waals surface area contributed by atoms with Gasteiger partial charge in [0.25, 0.3) is 0 Å². The third kappa shape index (κ3) is 3.50. The molecule has 3 aromatic rings. The van der Waals surface area contributed by atoms with Crippen LogP contribution < -0.4 is 0 Å². The zero-order valence-corrected chi connectivity index (χ0v) is 15.6. The zero-order valence-electron chi connectivity index (χ0n) is 14.0. The van der Waals surface area contributed by atoms with Crippen molar-refractivity contribution in [3.63, 3.8) is 0 Å². The lowest BCUT2D eigenvalue weighted by Crippen LogP contribution is -2.23. The fourth-order valence-electron chi connectivity index (χ4n) is 3.35. The Labute approximate surface area is 155 Å². The van der Waals surface area contributed by atoms with Crippen LogP contribution in [0.3, 0.4) is 0 Å². The Kier molecular flexibility index (Phi) is 4.63. The van der Waals surface area contributed by atoms with Gasteiger partial charge in [-0.15, -0.1) is 0 Å². The van der Waals surface area contributed by atoms with Gasteiger partial charge in [0.05, 0.1) is 6.04 Å². The minimum absolute atomic E-state index is 0.178. The Bertz CT molecular complexity index is 879. The molecule has 1 aliphatic rings. The molecule has 0 aliphatic carbocycles. The average Bonchev–Trinajstić information content (AvgIpc) is 3.24. The summed E-state index contributed by atoms with van der Waals surface area (Å²) in [5.74, 6) is 1.34. The summed E-state index contributed by atoms with van der Waals surface area (Å²) in [6.45, 7) is 3.94. The third-order valence-corrected chi connectivity index (χ3v) is 5.24. The van der Waals surface area contributed by atoms with E-state index < -0.39 is 0 Å². The highest BCUT2D eigenvalue weighted by molar-refractivity contribution is 9.10. The van der Waals surface area contributed by atoms with Gasteiger partial charge in [0.2, 0.25) is 11.7 Å². The molecule has 25 heavy (non-hydrogen) atoms. The summed E-state index contributed by atoms with van der Waals surface area (Å²) in [5.41, 5.74) is 3.26. The largest absolute Gasteiger partial charge is 0.337 e. The van der Waals surface area contributed by atoms with Crippen molar-refractivity contribution in [3.05, 3.63) is 64.2 Å². The summed E-state index contributed by atoms with van der Waals surface area (Å²) in [5, 5.41) is 4.19. The van der Waals surface area contributed by atoms with Crippen LogP contribution in [0.5, 0.6) is 0 Å². The molecule has 5 nitrogen and oxygen atoms in total. The maximum atomic E-state index is 5.61. The second-order valence-electron chi connectivity index (χ2n) is 6.37. The third-order valence-electron chi connectivity index (χ3n) is 4.55. The van der Waals surface area contributed by atoms with Gasteiger partial charge in [0.15, 0.2) is 0 Å². The molecular formula is C19H19BrN4O. The summed E-state index contributed by atoms with van der Waals surface area (Å²) in [6.07, 6.45) is 4.05. The van der Waals surface area contributed by atoms with Gasteiger partial charge < -0.3 is 4.52 Å². The van der Waals surface area contributed by atoms with Gasteiger partial charge in [-0.1, -0.05) is 33.2 Å². The van der Waals surface area contributed by atoms with Crippen molar-refractivity contribution in [3.8, 4) is 11.4 Å². The standard InChI is InChI=1S/C19H19BrN4O/c1-13-11-14(8-9-21-13)12-24-10-4-7-17(24)19-22-18(23-25-19)15-5-2-3-6-16(15)20/h2-3,5-6,8-9,11,17H,4,7,10,12H2,1H3. The molecule has 0 amide bonds. The second-order valence-corrected chi connectivity index (χ2v) is 7.22. The van der Waals surface area contributed by atoms with Crippen LogP contribution in [-0.4, -0.2) is 26.6 Å². The van der Waals surface area contributed by atoms with Gasteiger partial charge in [0, 0.05) is 28.5 Å². The Morgan fingerprint density at radius 3 is 3.00 bits per heavy atom. The van der Waals surface area contributed by atoms with Crippen LogP contribution in [0, 0.1) is 6.92 Å². The van der Waals surface area contributed by atoms with Crippen LogP contribution in [0.15, 0.2) is 51.6 Å². The van der Waals surface area contributed by atoms with E-state index in [9.17, 15) is 0 Å². The number of halogens is 1.